The van der Waals surface area contributed by atoms with Gasteiger partial charge in [0.05, 0.1) is 0 Å². The van der Waals surface area contributed by atoms with Gasteiger partial charge in [0.15, 0.2) is 0 Å². The smallest absolute Gasteiger partial charge is 0.254 e. The summed E-state index contributed by atoms with van der Waals surface area (Å²) in [7, 11) is 0. The van der Waals surface area contributed by atoms with Crippen molar-refractivity contribution in [2.45, 2.75) is 44.6 Å². The van der Waals surface area contributed by atoms with Crippen LogP contribution in [0.15, 0.2) is 24.3 Å². The molecule has 0 unspecified atom stereocenters. The van der Waals surface area contributed by atoms with Crippen molar-refractivity contribution < 1.29 is 9.59 Å². The maximum atomic E-state index is 13.1. The molecule has 1 heterocycles. The van der Waals surface area contributed by atoms with Crippen LogP contribution in [0.2, 0.25) is 5.02 Å². The highest BCUT2D eigenvalue weighted by molar-refractivity contribution is 6.30. The van der Waals surface area contributed by atoms with Gasteiger partial charge >= 0.3 is 0 Å². The number of halogens is 1. The molecule has 3 rings (SSSR count). The normalized spacial score (nSPS) is 18.6. The van der Waals surface area contributed by atoms with E-state index in [1.54, 1.807) is 18.2 Å². The van der Waals surface area contributed by atoms with E-state index in [1.807, 2.05) is 15.9 Å². The van der Waals surface area contributed by atoms with Gasteiger partial charge in [-0.1, -0.05) is 36.9 Å². The molecular formula is C20H28ClN3O2. The second kappa shape index (κ2) is 9.38. The Labute approximate surface area is 160 Å². The van der Waals surface area contributed by atoms with Crippen molar-refractivity contribution in [1.82, 2.24) is 15.1 Å². The van der Waals surface area contributed by atoms with Gasteiger partial charge in [-0.25, -0.2) is 0 Å². The van der Waals surface area contributed by atoms with Gasteiger partial charge in [0, 0.05) is 55.8 Å². The van der Waals surface area contributed by atoms with Crippen LogP contribution in [-0.2, 0) is 4.79 Å². The average Bonchev–Trinajstić information content (AvgIpc) is 2.69. The maximum Gasteiger partial charge on any atom is 0.254 e. The second-order valence-corrected chi connectivity index (χ2v) is 7.62. The summed E-state index contributed by atoms with van der Waals surface area (Å²) in [6.45, 7) is 3.69. The lowest BCUT2D eigenvalue weighted by Gasteiger charge is -2.35. The molecule has 2 fully saturated rings. The summed E-state index contributed by atoms with van der Waals surface area (Å²) in [5.41, 5.74) is 0.609. The molecule has 0 aromatic heterocycles. The monoisotopic (exact) mass is 377 g/mol. The molecule has 0 spiro atoms. The van der Waals surface area contributed by atoms with Crippen molar-refractivity contribution in [2.75, 3.05) is 32.7 Å². The Morgan fingerprint density at radius 2 is 1.88 bits per heavy atom. The van der Waals surface area contributed by atoms with Crippen molar-refractivity contribution in [3.05, 3.63) is 34.9 Å². The zero-order valence-electron chi connectivity index (χ0n) is 15.3. The fraction of sp³-hybridized carbons (Fsp3) is 0.600. The van der Waals surface area contributed by atoms with Gasteiger partial charge in [0.1, 0.15) is 0 Å². The Bertz CT molecular complexity index is 625. The number of amides is 2. The molecule has 1 aliphatic carbocycles. The van der Waals surface area contributed by atoms with Crippen molar-refractivity contribution in [3.63, 3.8) is 0 Å². The standard InChI is InChI=1S/C20H28ClN3O2/c21-17-6-4-5-16(15-17)20(26)24(18-7-2-1-3-8-18)12-9-19(25)23-13-10-22-11-14-23/h4-6,15,18,22H,1-3,7-14H2. The number of carbonyl (C=O) groups excluding carboxylic acids is 2. The summed E-state index contributed by atoms with van der Waals surface area (Å²) < 4.78 is 0. The molecule has 5 nitrogen and oxygen atoms in total. The summed E-state index contributed by atoms with van der Waals surface area (Å²) in [6.07, 6.45) is 5.96. The fourth-order valence-corrected chi connectivity index (χ4v) is 4.11. The van der Waals surface area contributed by atoms with E-state index in [1.165, 1.54) is 6.42 Å². The molecule has 1 aliphatic heterocycles. The Kier molecular flexibility index (Phi) is 6.92. The Balaban J connectivity index is 1.68. The molecule has 2 aliphatic rings. The molecule has 1 saturated heterocycles. The van der Waals surface area contributed by atoms with Crippen LogP contribution in [-0.4, -0.2) is 60.4 Å². The minimum Gasteiger partial charge on any atom is -0.340 e. The third-order valence-corrected chi connectivity index (χ3v) is 5.62. The van der Waals surface area contributed by atoms with Crippen LogP contribution in [0.5, 0.6) is 0 Å². The average molecular weight is 378 g/mol. The van der Waals surface area contributed by atoms with E-state index in [9.17, 15) is 9.59 Å². The summed E-state index contributed by atoms with van der Waals surface area (Å²) in [5.74, 6) is 0.138. The van der Waals surface area contributed by atoms with Gasteiger partial charge in [-0.15, -0.1) is 0 Å². The molecule has 142 valence electrons. The van der Waals surface area contributed by atoms with Crippen LogP contribution < -0.4 is 5.32 Å². The lowest BCUT2D eigenvalue weighted by Crippen LogP contribution is -2.48. The molecule has 1 aromatic carbocycles. The van der Waals surface area contributed by atoms with E-state index in [0.717, 1.165) is 51.9 Å². The molecular weight excluding hydrogens is 350 g/mol. The molecule has 0 atom stereocenters. The highest BCUT2D eigenvalue weighted by Gasteiger charge is 2.27. The van der Waals surface area contributed by atoms with Crippen molar-refractivity contribution in [1.29, 1.82) is 0 Å². The predicted molar refractivity (Wildman–Crippen MR) is 103 cm³/mol. The van der Waals surface area contributed by atoms with E-state index in [-0.39, 0.29) is 17.9 Å². The highest BCUT2D eigenvalue weighted by Crippen LogP contribution is 2.25. The minimum absolute atomic E-state index is 0.00693. The molecule has 1 N–H and O–H groups in total. The number of rotatable bonds is 5. The summed E-state index contributed by atoms with van der Waals surface area (Å²) in [6, 6.07) is 7.34. The molecule has 0 radical (unpaired) electrons. The van der Waals surface area contributed by atoms with E-state index >= 15 is 0 Å². The Morgan fingerprint density at radius 3 is 2.58 bits per heavy atom. The molecule has 2 amide bonds. The first-order chi connectivity index (χ1) is 12.6. The first kappa shape index (κ1) is 19.2. The first-order valence-electron chi connectivity index (χ1n) is 9.70. The van der Waals surface area contributed by atoms with Gasteiger partial charge in [0.2, 0.25) is 5.91 Å². The molecule has 1 saturated carbocycles. The highest BCUT2D eigenvalue weighted by atomic mass is 35.5. The van der Waals surface area contributed by atoms with Crippen molar-refractivity contribution in [3.8, 4) is 0 Å². The largest absolute Gasteiger partial charge is 0.340 e. The summed E-state index contributed by atoms with van der Waals surface area (Å²) in [4.78, 5) is 29.5. The number of hydrogen-bond donors (Lipinski definition) is 1. The SMILES string of the molecule is O=C(CCN(C(=O)c1cccc(Cl)c1)C1CCCCC1)N1CCNCC1. The van der Waals surface area contributed by atoms with Crippen LogP contribution in [0.4, 0.5) is 0 Å². The fourth-order valence-electron chi connectivity index (χ4n) is 3.92. The van der Waals surface area contributed by atoms with Crippen molar-refractivity contribution >= 4 is 23.4 Å². The van der Waals surface area contributed by atoms with Crippen molar-refractivity contribution in [2.24, 2.45) is 0 Å². The first-order valence-corrected chi connectivity index (χ1v) is 10.1. The minimum atomic E-state index is -0.00693. The third-order valence-electron chi connectivity index (χ3n) is 5.38. The van der Waals surface area contributed by atoms with Gasteiger partial charge in [-0.05, 0) is 31.0 Å². The van der Waals surface area contributed by atoms with Gasteiger partial charge in [0.25, 0.3) is 5.91 Å². The number of piperazine rings is 1. The van der Waals surface area contributed by atoms with Gasteiger partial charge in [-0.3, -0.25) is 9.59 Å². The number of nitrogens with zero attached hydrogens (tertiary/aromatic N) is 2. The summed E-state index contributed by atoms with van der Waals surface area (Å²) in [5, 5.41) is 3.83. The van der Waals surface area contributed by atoms with E-state index in [0.29, 0.717) is 23.6 Å². The van der Waals surface area contributed by atoms with Gasteiger partial charge in [-0.2, -0.15) is 0 Å². The molecule has 26 heavy (non-hydrogen) atoms. The Morgan fingerprint density at radius 1 is 1.15 bits per heavy atom. The number of nitrogens with one attached hydrogen (secondary N) is 1. The topological polar surface area (TPSA) is 52.7 Å². The molecule has 6 heteroatoms. The second-order valence-electron chi connectivity index (χ2n) is 7.18. The zero-order valence-corrected chi connectivity index (χ0v) is 16.0. The maximum absolute atomic E-state index is 13.1. The quantitative estimate of drug-likeness (QED) is 0.858. The number of carbonyl (C=O) groups is 2. The Hall–Kier alpha value is -1.59. The number of hydrogen-bond acceptors (Lipinski definition) is 3. The van der Waals surface area contributed by atoms with Crippen LogP contribution >= 0.6 is 11.6 Å². The van der Waals surface area contributed by atoms with Crippen LogP contribution in [0.1, 0.15) is 48.9 Å². The zero-order chi connectivity index (χ0) is 18.4. The van der Waals surface area contributed by atoms with E-state index in [4.69, 9.17) is 11.6 Å². The predicted octanol–water partition coefficient (Wildman–Crippen LogP) is 2.94. The lowest BCUT2D eigenvalue weighted by molar-refractivity contribution is -0.132. The van der Waals surface area contributed by atoms with Crippen LogP contribution in [0.3, 0.4) is 0 Å². The van der Waals surface area contributed by atoms with Gasteiger partial charge < -0.3 is 15.1 Å². The van der Waals surface area contributed by atoms with E-state index < -0.39 is 0 Å². The number of benzene rings is 1. The molecule has 0 bridgehead atoms. The molecule has 1 aromatic rings. The van der Waals surface area contributed by atoms with Crippen LogP contribution in [0, 0.1) is 0 Å². The van der Waals surface area contributed by atoms with Crippen LogP contribution in [0.25, 0.3) is 0 Å². The van der Waals surface area contributed by atoms with E-state index in [2.05, 4.69) is 5.32 Å². The lowest BCUT2D eigenvalue weighted by atomic mass is 9.93. The summed E-state index contributed by atoms with van der Waals surface area (Å²) >= 11 is 6.07. The third kappa shape index (κ3) is 4.98.